The Labute approximate surface area is 188 Å². The Hall–Kier alpha value is -3.96. The van der Waals surface area contributed by atoms with Crippen molar-refractivity contribution < 1.29 is 31.1 Å². The molecule has 0 unspecified atom stereocenters. The zero-order chi connectivity index (χ0) is 24.5. The summed E-state index contributed by atoms with van der Waals surface area (Å²) in [6, 6.07) is 10.7. The molecule has 34 heavy (non-hydrogen) atoms. The van der Waals surface area contributed by atoms with Crippen molar-refractivity contribution in [3.63, 3.8) is 0 Å². The standard InChI is InChI=1S/C22H15F6N5O/c23-21(24,25)11-30-20(34)7-13-2-1-3-15(6-13)17-10-29-19-8-14(4-5-33(17)19)16-9-18(22(26,27)28)32-12-31-16/h1-6,8-10,12H,7,11H2,(H,30,34). The molecular formula is C22H15F6N5O. The third kappa shape index (κ3) is 5.33. The molecule has 0 bridgehead atoms. The molecule has 1 aromatic carbocycles. The highest BCUT2D eigenvalue weighted by atomic mass is 19.4. The van der Waals surface area contributed by atoms with Crippen LogP contribution in [0.5, 0.6) is 0 Å². The number of hydrogen-bond acceptors (Lipinski definition) is 4. The van der Waals surface area contributed by atoms with Gasteiger partial charge in [-0.1, -0.05) is 18.2 Å². The molecule has 6 nitrogen and oxygen atoms in total. The fraction of sp³-hybridized carbons (Fsp3) is 0.182. The number of alkyl halides is 6. The highest BCUT2D eigenvalue weighted by molar-refractivity contribution is 5.79. The first kappa shape index (κ1) is 23.2. The lowest BCUT2D eigenvalue weighted by molar-refractivity contribution is -0.141. The molecule has 0 radical (unpaired) electrons. The van der Waals surface area contributed by atoms with E-state index in [-0.39, 0.29) is 12.1 Å². The molecule has 12 heteroatoms. The molecule has 3 heterocycles. The van der Waals surface area contributed by atoms with Crippen molar-refractivity contribution in [3.8, 4) is 22.5 Å². The summed E-state index contributed by atoms with van der Waals surface area (Å²) in [5.74, 6) is -0.764. The van der Waals surface area contributed by atoms with Gasteiger partial charge in [-0.3, -0.25) is 9.20 Å². The zero-order valence-electron chi connectivity index (χ0n) is 17.2. The average molecular weight is 479 g/mol. The summed E-state index contributed by atoms with van der Waals surface area (Å²) >= 11 is 0. The fourth-order valence-corrected chi connectivity index (χ4v) is 3.31. The van der Waals surface area contributed by atoms with Crippen molar-refractivity contribution in [2.75, 3.05) is 6.54 Å². The maximum Gasteiger partial charge on any atom is 0.433 e. The van der Waals surface area contributed by atoms with Crippen LogP contribution in [-0.4, -0.2) is 38.0 Å². The van der Waals surface area contributed by atoms with Gasteiger partial charge in [0, 0.05) is 17.3 Å². The first-order chi connectivity index (χ1) is 16.0. The molecule has 4 aromatic rings. The first-order valence-electron chi connectivity index (χ1n) is 9.79. The van der Waals surface area contributed by atoms with Crippen LogP contribution in [0.25, 0.3) is 28.2 Å². The van der Waals surface area contributed by atoms with Crippen molar-refractivity contribution in [2.24, 2.45) is 0 Å². The number of pyridine rings is 1. The Kier molecular flexibility index (Phi) is 5.98. The summed E-state index contributed by atoms with van der Waals surface area (Å²) in [5.41, 5.74) is 1.66. The fourth-order valence-electron chi connectivity index (χ4n) is 3.31. The van der Waals surface area contributed by atoms with Gasteiger partial charge in [0.1, 0.15) is 24.2 Å². The average Bonchev–Trinajstić information content (AvgIpc) is 3.20. The predicted molar refractivity (Wildman–Crippen MR) is 109 cm³/mol. The normalized spacial score (nSPS) is 12.2. The number of benzene rings is 1. The Balaban J connectivity index is 1.59. The highest BCUT2D eigenvalue weighted by Gasteiger charge is 2.33. The second-order valence-electron chi connectivity index (χ2n) is 7.34. The number of hydrogen-bond donors (Lipinski definition) is 1. The molecule has 3 aromatic heterocycles. The van der Waals surface area contributed by atoms with E-state index in [0.29, 0.717) is 28.0 Å². The molecule has 1 N–H and O–H groups in total. The lowest BCUT2D eigenvalue weighted by atomic mass is 10.1. The van der Waals surface area contributed by atoms with E-state index < -0.39 is 30.5 Å². The van der Waals surface area contributed by atoms with Crippen molar-refractivity contribution in [3.05, 3.63) is 72.4 Å². The zero-order valence-corrected chi connectivity index (χ0v) is 17.2. The maximum atomic E-state index is 13.0. The SMILES string of the molecule is O=C(Cc1cccc(-c2cnc3cc(-c4cc(C(F)(F)F)ncn4)ccn23)c1)NCC(F)(F)F. The summed E-state index contributed by atoms with van der Waals surface area (Å²) in [4.78, 5) is 23.3. The van der Waals surface area contributed by atoms with Crippen LogP contribution in [0.1, 0.15) is 11.3 Å². The van der Waals surface area contributed by atoms with Gasteiger partial charge in [-0.25, -0.2) is 15.0 Å². The van der Waals surface area contributed by atoms with Crippen LogP contribution in [0.2, 0.25) is 0 Å². The van der Waals surface area contributed by atoms with Gasteiger partial charge < -0.3 is 5.32 Å². The number of fused-ring (bicyclic) bond motifs is 1. The topological polar surface area (TPSA) is 72.2 Å². The Morgan fingerprint density at radius 3 is 2.47 bits per heavy atom. The van der Waals surface area contributed by atoms with E-state index in [2.05, 4.69) is 15.0 Å². The predicted octanol–water partition coefficient (Wildman–Crippen LogP) is 4.70. The van der Waals surface area contributed by atoms with Crippen molar-refractivity contribution in [1.82, 2.24) is 24.7 Å². The number of aromatic nitrogens is 4. The van der Waals surface area contributed by atoms with Crippen molar-refractivity contribution in [2.45, 2.75) is 18.8 Å². The second-order valence-corrected chi connectivity index (χ2v) is 7.34. The van der Waals surface area contributed by atoms with E-state index in [0.717, 1.165) is 12.4 Å². The number of rotatable bonds is 5. The Morgan fingerprint density at radius 1 is 0.941 bits per heavy atom. The van der Waals surface area contributed by atoms with Gasteiger partial charge in [-0.05, 0) is 29.8 Å². The summed E-state index contributed by atoms with van der Waals surface area (Å²) in [6.45, 7) is -1.40. The van der Waals surface area contributed by atoms with Crippen LogP contribution in [0.3, 0.4) is 0 Å². The minimum atomic E-state index is -4.60. The first-order valence-corrected chi connectivity index (χ1v) is 9.79. The highest BCUT2D eigenvalue weighted by Crippen LogP contribution is 2.30. The van der Waals surface area contributed by atoms with Crippen LogP contribution in [0.15, 0.2) is 61.2 Å². The molecule has 0 aliphatic heterocycles. The third-order valence-electron chi connectivity index (χ3n) is 4.84. The number of halogens is 6. The van der Waals surface area contributed by atoms with Gasteiger partial charge >= 0.3 is 12.4 Å². The molecule has 0 aliphatic carbocycles. The second kappa shape index (κ2) is 8.76. The Bertz CT molecular complexity index is 1350. The largest absolute Gasteiger partial charge is 0.433 e. The van der Waals surface area contributed by atoms with E-state index in [4.69, 9.17) is 0 Å². The maximum absolute atomic E-state index is 13.0. The Morgan fingerprint density at radius 2 is 1.74 bits per heavy atom. The minimum absolute atomic E-state index is 0.0845. The smallest absolute Gasteiger partial charge is 0.347 e. The van der Waals surface area contributed by atoms with Gasteiger partial charge in [0.05, 0.1) is 24.0 Å². The molecule has 0 aliphatic rings. The number of nitrogens with one attached hydrogen (secondary N) is 1. The summed E-state index contributed by atoms with van der Waals surface area (Å²) < 4.78 is 77.4. The number of nitrogens with zero attached hydrogens (tertiary/aromatic N) is 4. The number of carbonyl (C=O) groups is 1. The molecule has 4 rings (SSSR count). The van der Waals surface area contributed by atoms with E-state index >= 15 is 0 Å². The van der Waals surface area contributed by atoms with Crippen LogP contribution in [-0.2, 0) is 17.4 Å². The third-order valence-corrected chi connectivity index (χ3v) is 4.84. The van der Waals surface area contributed by atoms with Gasteiger partial charge in [0.15, 0.2) is 0 Å². The van der Waals surface area contributed by atoms with Crippen molar-refractivity contribution in [1.29, 1.82) is 0 Å². The minimum Gasteiger partial charge on any atom is -0.347 e. The summed E-state index contributed by atoms with van der Waals surface area (Å²) in [5, 5.41) is 1.83. The lowest BCUT2D eigenvalue weighted by Crippen LogP contribution is -2.34. The molecule has 176 valence electrons. The van der Waals surface area contributed by atoms with Crippen LogP contribution in [0, 0.1) is 0 Å². The van der Waals surface area contributed by atoms with Crippen LogP contribution in [0.4, 0.5) is 26.3 Å². The van der Waals surface area contributed by atoms with Gasteiger partial charge in [-0.2, -0.15) is 26.3 Å². The summed E-state index contributed by atoms with van der Waals surface area (Å²) in [7, 11) is 0. The van der Waals surface area contributed by atoms with E-state index in [1.54, 1.807) is 53.2 Å². The number of imidazole rings is 1. The quantitative estimate of drug-likeness (QED) is 0.422. The number of amides is 1. The molecule has 0 atom stereocenters. The van der Waals surface area contributed by atoms with Crippen LogP contribution >= 0.6 is 0 Å². The monoisotopic (exact) mass is 479 g/mol. The van der Waals surface area contributed by atoms with Crippen LogP contribution < -0.4 is 5.32 Å². The molecule has 1 amide bonds. The van der Waals surface area contributed by atoms with Gasteiger partial charge in [0.25, 0.3) is 0 Å². The van der Waals surface area contributed by atoms with E-state index in [1.807, 2.05) is 5.32 Å². The van der Waals surface area contributed by atoms with Gasteiger partial charge in [-0.15, -0.1) is 0 Å². The molecule has 0 saturated heterocycles. The molecule has 0 spiro atoms. The molecule has 0 saturated carbocycles. The van der Waals surface area contributed by atoms with Crippen molar-refractivity contribution >= 4 is 11.6 Å². The summed E-state index contributed by atoms with van der Waals surface area (Å²) in [6.07, 6.45) is -5.33. The van der Waals surface area contributed by atoms with E-state index in [1.165, 1.54) is 0 Å². The molecular weight excluding hydrogens is 464 g/mol. The molecule has 0 fully saturated rings. The van der Waals surface area contributed by atoms with E-state index in [9.17, 15) is 31.1 Å². The van der Waals surface area contributed by atoms with Gasteiger partial charge in [0.2, 0.25) is 5.91 Å². The lowest BCUT2D eigenvalue weighted by Gasteiger charge is -2.09. The number of carbonyl (C=O) groups excluding carboxylic acids is 1.